The molecule has 0 aliphatic rings. The lowest BCUT2D eigenvalue weighted by Gasteiger charge is -2.09. The molecule has 0 aromatic carbocycles. The number of alkyl halides is 2. The normalized spacial score (nSPS) is 10.9. The van der Waals surface area contributed by atoms with E-state index in [1.54, 1.807) is 0 Å². The SMILES string of the molecule is NCc1cc(O)c(CO)nc1C(F)F. The van der Waals surface area contributed by atoms with E-state index >= 15 is 0 Å². The van der Waals surface area contributed by atoms with Crippen molar-refractivity contribution in [2.75, 3.05) is 0 Å². The largest absolute Gasteiger partial charge is 0.506 e. The second-order valence-corrected chi connectivity index (χ2v) is 2.66. The van der Waals surface area contributed by atoms with Gasteiger partial charge in [-0.1, -0.05) is 0 Å². The number of nitrogens with two attached hydrogens (primary N) is 1. The van der Waals surface area contributed by atoms with Crippen molar-refractivity contribution in [1.29, 1.82) is 0 Å². The van der Waals surface area contributed by atoms with Gasteiger partial charge in [0, 0.05) is 6.54 Å². The molecule has 0 aliphatic heterocycles. The van der Waals surface area contributed by atoms with Crippen LogP contribution in [0.5, 0.6) is 5.75 Å². The molecule has 0 fully saturated rings. The summed E-state index contributed by atoms with van der Waals surface area (Å²) in [6.07, 6.45) is -2.76. The van der Waals surface area contributed by atoms with Crippen LogP contribution in [0.2, 0.25) is 0 Å². The van der Waals surface area contributed by atoms with E-state index in [1.807, 2.05) is 0 Å². The zero-order chi connectivity index (χ0) is 10.7. The molecule has 14 heavy (non-hydrogen) atoms. The van der Waals surface area contributed by atoms with Crippen molar-refractivity contribution in [1.82, 2.24) is 4.98 Å². The molecular formula is C8H10F2N2O2. The van der Waals surface area contributed by atoms with E-state index in [-0.39, 0.29) is 23.6 Å². The molecule has 0 saturated carbocycles. The van der Waals surface area contributed by atoms with Crippen LogP contribution in [0.15, 0.2) is 6.07 Å². The number of nitrogens with zero attached hydrogens (tertiary/aromatic N) is 1. The third kappa shape index (κ3) is 1.97. The van der Waals surface area contributed by atoms with Crippen LogP contribution in [0.3, 0.4) is 0 Å². The Balaban J connectivity index is 3.25. The van der Waals surface area contributed by atoms with E-state index in [4.69, 9.17) is 10.8 Å². The molecule has 1 aromatic rings. The molecule has 1 aromatic heterocycles. The van der Waals surface area contributed by atoms with Gasteiger partial charge in [0.1, 0.15) is 17.1 Å². The van der Waals surface area contributed by atoms with Crippen molar-refractivity contribution in [2.24, 2.45) is 5.73 Å². The summed E-state index contributed by atoms with van der Waals surface area (Å²) in [5, 5.41) is 17.9. The summed E-state index contributed by atoms with van der Waals surface area (Å²) < 4.78 is 24.8. The fraction of sp³-hybridized carbons (Fsp3) is 0.375. The fourth-order valence-electron chi connectivity index (χ4n) is 1.07. The Labute approximate surface area is 79.0 Å². The summed E-state index contributed by atoms with van der Waals surface area (Å²) in [5.41, 5.74) is 4.62. The van der Waals surface area contributed by atoms with Gasteiger partial charge in [0.25, 0.3) is 6.43 Å². The minimum absolute atomic E-state index is 0.0784. The first-order valence-electron chi connectivity index (χ1n) is 3.90. The van der Waals surface area contributed by atoms with Crippen LogP contribution in [-0.2, 0) is 13.2 Å². The Morgan fingerprint density at radius 3 is 2.57 bits per heavy atom. The third-order valence-electron chi connectivity index (χ3n) is 1.77. The highest BCUT2D eigenvalue weighted by Crippen LogP contribution is 2.26. The summed E-state index contributed by atoms with van der Waals surface area (Å²) in [6.45, 7) is -0.720. The third-order valence-corrected chi connectivity index (χ3v) is 1.77. The smallest absolute Gasteiger partial charge is 0.280 e. The van der Waals surface area contributed by atoms with Gasteiger partial charge in [-0.25, -0.2) is 13.8 Å². The molecule has 1 heterocycles. The molecule has 0 radical (unpaired) electrons. The fourth-order valence-corrected chi connectivity index (χ4v) is 1.07. The first-order chi connectivity index (χ1) is 6.60. The lowest BCUT2D eigenvalue weighted by molar-refractivity contribution is 0.143. The average molecular weight is 204 g/mol. The first kappa shape index (κ1) is 10.8. The molecule has 0 amide bonds. The standard InChI is InChI=1S/C8H10F2N2O2/c9-8(10)7-4(2-11)1-6(14)5(3-13)12-7/h1,8,13-14H,2-3,11H2. The topological polar surface area (TPSA) is 79.4 Å². The molecule has 0 spiro atoms. The van der Waals surface area contributed by atoms with Crippen LogP contribution in [0.4, 0.5) is 8.78 Å². The maximum Gasteiger partial charge on any atom is 0.280 e. The van der Waals surface area contributed by atoms with Crippen LogP contribution < -0.4 is 5.73 Å². The second kappa shape index (κ2) is 4.30. The molecule has 0 aliphatic carbocycles. The van der Waals surface area contributed by atoms with Crippen molar-refractivity contribution < 1.29 is 19.0 Å². The van der Waals surface area contributed by atoms with E-state index in [0.29, 0.717) is 0 Å². The Kier molecular flexibility index (Phi) is 3.32. The lowest BCUT2D eigenvalue weighted by atomic mass is 10.1. The predicted octanol–water partition coefficient (Wildman–Crippen LogP) is 0.676. The Morgan fingerprint density at radius 2 is 2.14 bits per heavy atom. The maximum absolute atomic E-state index is 12.4. The van der Waals surface area contributed by atoms with E-state index < -0.39 is 18.7 Å². The van der Waals surface area contributed by atoms with Crippen LogP contribution >= 0.6 is 0 Å². The molecule has 6 heteroatoms. The van der Waals surface area contributed by atoms with Gasteiger partial charge < -0.3 is 15.9 Å². The number of aromatic hydroxyl groups is 1. The van der Waals surface area contributed by atoms with E-state index in [1.165, 1.54) is 0 Å². The van der Waals surface area contributed by atoms with Gasteiger partial charge in [0.05, 0.1) is 6.61 Å². The second-order valence-electron chi connectivity index (χ2n) is 2.66. The summed E-state index contributed by atoms with van der Waals surface area (Å²) in [4.78, 5) is 3.43. The number of aliphatic hydroxyl groups excluding tert-OH is 1. The van der Waals surface area contributed by atoms with E-state index in [2.05, 4.69) is 4.98 Å². The van der Waals surface area contributed by atoms with Gasteiger partial charge in [-0.2, -0.15) is 0 Å². The highest BCUT2D eigenvalue weighted by Gasteiger charge is 2.17. The van der Waals surface area contributed by atoms with Gasteiger partial charge in [0.15, 0.2) is 0 Å². The number of hydrogen-bond acceptors (Lipinski definition) is 4. The molecule has 1 rings (SSSR count). The Morgan fingerprint density at radius 1 is 1.50 bits per heavy atom. The highest BCUT2D eigenvalue weighted by molar-refractivity contribution is 5.34. The number of aromatic nitrogens is 1. The highest BCUT2D eigenvalue weighted by atomic mass is 19.3. The maximum atomic E-state index is 12.4. The van der Waals surface area contributed by atoms with Gasteiger partial charge in [-0.15, -0.1) is 0 Å². The predicted molar refractivity (Wildman–Crippen MR) is 44.7 cm³/mol. The van der Waals surface area contributed by atoms with Crippen molar-refractivity contribution >= 4 is 0 Å². The first-order valence-corrected chi connectivity index (χ1v) is 3.90. The Hall–Kier alpha value is -1.27. The average Bonchev–Trinajstić information content (AvgIpc) is 2.16. The summed E-state index contributed by atoms with van der Waals surface area (Å²) in [7, 11) is 0. The Bertz CT molecular complexity index is 331. The molecular weight excluding hydrogens is 194 g/mol. The molecule has 4 nitrogen and oxygen atoms in total. The van der Waals surface area contributed by atoms with Crippen molar-refractivity contribution in [3.8, 4) is 5.75 Å². The van der Waals surface area contributed by atoms with Crippen LogP contribution in [-0.4, -0.2) is 15.2 Å². The summed E-state index contributed by atoms with van der Waals surface area (Å²) in [6, 6.07) is 1.10. The van der Waals surface area contributed by atoms with Gasteiger partial charge in [-0.3, -0.25) is 0 Å². The molecule has 4 N–H and O–H groups in total. The summed E-state index contributed by atoms with van der Waals surface area (Å²) >= 11 is 0. The minimum atomic E-state index is -2.76. The number of halogens is 2. The molecule has 0 bridgehead atoms. The monoisotopic (exact) mass is 204 g/mol. The van der Waals surface area contributed by atoms with Crippen molar-refractivity contribution in [2.45, 2.75) is 19.6 Å². The molecule has 78 valence electrons. The van der Waals surface area contributed by atoms with E-state index in [9.17, 15) is 13.9 Å². The number of hydrogen-bond donors (Lipinski definition) is 3. The lowest BCUT2D eigenvalue weighted by Crippen LogP contribution is -2.06. The van der Waals surface area contributed by atoms with Crippen LogP contribution in [0.25, 0.3) is 0 Å². The molecule has 0 unspecified atom stereocenters. The minimum Gasteiger partial charge on any atom is -0.506 e. The van der Waals surface area contributed by atoms with Crippen molar-refractivity contribution in [3.05, 3.63) is 23.0 Å². The number of pyridine rings is 1. The summed E-state index contributed by atoms with van der Waals surface area (Å²) in [5.74, 6) is -0.322. The van der Waals surface area contributed by atoms with Crippen molar-refractivity contribution in [3.63, 3.8) is 0 Å². The van der Waals surface area contributed by atoms with Crippen LogP contribution in [0, 0.1) is 0 Å². The zero-order valence-corrected chi connectivity index (χ0v) is 7.24. The van der Waals surface area contributed by atoms with Crippen LogP contribution in [0.1, 0.15) is 23.4 Å². The molecule has 0 saturated heterocycles. The van der Waals surface area contributed by atoms with E-state index in [0.717, 1.165) is 6.07 Å². The van der Waals surface area contributed by atoms with Gasteiger partial charge >= 0.3 is 0 Å². The quantitative estimate of drug-likeness (QED) is 0.676. The number of aliphatic hydroxyl groups is 1. The molecule has 0 atom stereocenters. The van der Waals surface area contributed by atoms with Gasteiger partial charge in [-0.05, 0) is 11.6 Å². The number of rotatable bonds is 3. The zero-order valence-electron chi connectivity index (χ0n) is 7.24. The van der Waals surface area contributed by atoms with Gasteiger partial charge in [0.2, 0.25) is 0 Å².